The minimum atomic E-state index is -3.66. The van der Waals surface area contributed by atoms with Crippen molar-refractivity contribution in [3.8, 4) is 0 Å². The minimum Gasteiger partial charge on any atom is -0.326 e. The molecule has 0 bridgehead atoms. The van der Waals surface area contributed by atoms with Gasteiger partial charge in [-0.15, -0.1) is 11.3 Å². The van der Waals surface area contributed by atoms with Crippen molar-refractivity contribution in [3.05, 3.63) is 27.8 Å². The maximum Gasteiger partial charge on any atom is 0.260 e. The molecule has 2 aromatic rings. The Kier molecular flexibility index (Phi) is 3.76. The zero-order valence-electron chi connectivity index (χ0n) is 9.67. The molecule has 0 aromatic carbocycles. The lowest BCUT2D eigenvalue weighted by Gasteiger charge is -2.04. The van der Waals surface area contributed by atoms with Crippen molar-refractivity contribution in [1.82, 2.24) is 19.9 Å². The number of thiazole rings is 1. The molecule has 0 spiro atoms. The standard InChI is InChI=1S/C9H13N5O2S2/c1-6-7(4-10)9(14-13-6)18(15,16)12-5-8-11-2-3-17-8/h2-3,12H,4-5,10H2,1H3,(H,13,14). The summed E-state index contributed by atoms with van der Waals surface area (Å²) in [5.41, 5.74) is 6.68. The third kappa shape index (κ3) is 2.58. The third-order valence-electron chi connectivity index (χ3n) is 2.39. The molecule has 0 unspecified atom stereocenters. The van der Waals surface area contributed by atoms with Crippen LogP contribution in [0.25, 0.3) is 0 Å². The summed E-state index contributed by atoms with van der Waals surface area (Å²) >= 11 is 1.38. The molecule has 0 fully saturated rings. The largest absolute Gasteiger partial charge is 0.326 e. The first kappa shape index (κ1) is 13.1. The molecule has 98 valence electrons. The number of nitrogens with one attached hydrogen (secondary N) is 2. The summed E-state index contributed by atoms with van der Waals surface area (Å²) in [5, 5.41) is 8.85. The third-order valence-corrected chi connectivity index (χ3v) is 4.54. The van der Waals surface area contributed by atoms with Crippen LogP contribution in [-0.4, -0.2) is 23.6 Å². The summed E-state index contributed by atoms with van der Waals surface area (Å²) in [6.45, 7) is 2.00. The summed E-state index contributed by atoms with van der Waals surface area (Å²) in [7, 11) is -3.66. The number of aryl methyl sites for hydroxylation is 1. The van der Waals surface area contributed by atoms with E-state index in [1.807, 2.05) is 0 Å². The molecule has 0 radical (unpaired) electrons. The smallest absolute Gasteiger partial charge is 0.260 e. The van der Waals surface area contributed by atoms with Crippen molar-refractivity contribution >= 4 is 21.4 Å². The Morgan fingerprint density at radius 1 is 1.56 bits per heavy atom. The first-order chi connectivity index (χ1) is 8.54. The van der Waals surface area contributed by atoms with Crippen molar-refractivity contribution in [2.75, 3.05) is 0 Å². The number of nitrogens with two attached hydrogens (primary N) is 1. The van der Waals surface area contributed by atoms with E-state index in [-0.39, 0.29) is 18.1 Å². The number of H-pyrrole nitrogens is 1. The molecule has 9 heteroatoms. The van der Waals surface area contributed by atoms with Gasteiger partial charge in [0.05, 0.1) is 6.54 Å². The zero-order chi connectivity index (χ0) is 13.2. The van der Waals surface area contributed by atoms with Crippen molar-refractivity contribution in [2.45, 2.75) is 25.0 Å². The number of aromatic amines is 1. The zero-order valence-corrected chi connectivity index (χ0v) is 11.3. The van der Waals surface area contributed by atoms with Crippen molar-refractivity contribution < 1.29 is 8.42 Å². The Labute approximate surface area is 108 Å². The Bertz CT molecular complexity index is 617. The molecule has 0 amide bonds. The van der Waals surface area contributed by atoms with Crippen LogP contribution in [0.1, 0.15) is 16.3 Å². The highest BCUT2D eigenvalue weighted by Crippen LogP contribution is 2.15. The van der Waals surface area contributed by atoms with Gasteiger partial charge in [0.25, 0.3) is 10.0 Å². The molecular weight excluding hydrogens is 274 g/mol. The van der Waals surface area contributed by atoms with Crippen molar-refractivity contribution in [2.24, 2.45) is 5.73 Å². The number of rotatable bonds is 5. The highest BCUT2D eigenvalue weighted by Gasteiger charge is 2.22. The molecule has 2 heterocycles. The molecule has 7 nitrogen and oxygen atoms in total. The summed E-state index contributed by atoms with van der Waals surface area (Å²) in [4.78, 5) is 4.00. The lowest BCUT2D eigenvalue weighted by Crippen LogP contribution is -2.25. The number of hydrogen-bond donors (Lipinski definition) is 3. The lowest BCUT2D eigenvalue weighted by molar-refractivity contribution is 0.575. The molecule has 2 aromatic heterocycles. The van der Waals surface area contributed by atoms with Crippen molar-refractivity contribution in [3.63, 3.8) is 0 Å². The van der Waals surface area contributed by atoms with E-state index in [0.717, 1.165) is 0 Å². The average Bonchev–Trinajstić information content (AvgIpc) is 2.95. The first-order valence-electron chi connectivity index (χ1n) is 5.16. The van der Waals surface area contributed by atoms with Gasteiger partial charge in [0, 0.05) is 29.4 Å². The number of aromatic nitrogens is 3. The Hall–Kier alpha value is -1.29. The molecule has 0 aliphatic carbocycles. The fourth-order valence-corrected chi connectivity index (χ4v) is 3.30. The predicted octanol–water partition coefficient (Wildman–Crippen LogP) is 0.112. The highest BCUT2D eigenvalue weighted by molar-refractivity contribution is 7.89. The Morgan fingerprint density at radius 3 is 2.94 bits per heavy atom. The van der Waals surface area contributed by atoms with Crippen molar-refractivity contribution in [1.29, 1.82) is 0 Å². The van der Waals surface area contributed by atoms with Crippen LogP contribution < -0.4 is 10.5 Å². The minimum absolute atomic E-state index is 0.0425. The van der Waals surface area contributed by atoms with E-state index >= 15 is 0 Å². The van der Waals surface area contributed by atoms with Gasteiger partial charge in [-0.05, 0) is 6.92 Å². The van der Waals surface area contributed by atoms with Gasteiger partial charge in [0.2, 0.25) is 0 Å². The predicted molar refractivity (Wildman–Crippen MR) is 67.4 cm³/mol. The first-order valence-corrected chi connectivity index (χ1v) is 7.53. The monoisotopic (exact) mass is 287 g/mol. The van der Waals surface area contributed by atoms with Gasteiger partial charge in [-0.1, -0.05) is 0 Å². The van der Waals surface area contributed by atoms with Crippen LogP contribution in [0.2, 0.25) is 0 Å². The second-order valence-electron chi connectivity index (χ2n) is 3.59. The maximum atomic E-state index is 12.0. The van der Waals surface area contributed by atoms with E-state index in [2.05, 4.69) is 19.9 Å². The van der Waals surface area contributed by atoms with Gasteiger partial charge in [0.1, 0.15) is 5.01 Å². The summed E-state index contributed by atoms with van der Waals surface area (Å²) in [6.07, 6.45) is 1.62. The molecule has 4 N–H and O–H groups in total. The molecule has 18 heavy (non-hydrogen) atoms. The van der Waals surface area contributed by atoms with E-state index in [0.29, 0.717) is 16.3 Å². The average molecular weight is 287 g/mol. The molecular formula is C9H13N5O2S2. The van der Waals surface area contributed by atoms with Crippen LogP contribution in [0, 0.1) is 6.92 Å². The van der Waals surface area contributed by atoms with Crippen LogP contribution in [0.4, 0.5) is 0 Å². The van der Waals surface area contributed by atoms with Crippen LogP contribution in [-0.2, 0) is 23.1 Å². The quantitative estimate of drug-likeness (QED) is 0.722. The molecule has 0 aliphatic rings. The molecule has 0 saturated carbocycles. The summed E-state index contributed by atoms with van der Waals surface area (Å²) in [6, 6.07) is 0. The van der Waals surface area contributed by atoms with Gasteiger partial charge in [-0.25, -0.2) is 18.1 Å². The van der Waals surface area contributed by atoms with Gasteiger partial charge in [0.15, 0.2) is 5.03 Å². The van der Waals surface area contributed by atoms with Crippen LogP contribution >= 0.6 is 11.3 Å². The molecule has 0 saturated heterocycles. The lowest BCUT2D eigenvalue weighted by atomic mass is 10.3. The van der Waals surface area contributed by atoms with Gasteiger partial charge in [-0.3, -0.25) is 5.10 Å². The topological polar surface area (TPSA) is 114 Å². The SMILES string of the molecule is Cc1[nH]nc(S(=O)(=O)NCc2nccs2)c1CN. The second kappa shape index (κ2) is 5.14. The number of nitrogens with zero attached hydrogens (tertiary/aromatic N) is 2. The van der Waals surface area contributed by atoms with Gasteiger partial charge >= 0.3 is 0 Å². The fraction of sp³-hybridized carbons (Fsp3) is 0.333. The number of hydrogen-bond acceptors (Lipinski definition) is 6. The number of sulfonamides is 1. The normalized spacial score (nSPS) is 11.9. The Balaban J connectivity index is 2.20. The summed E-state index contributed by atoms with van der Waals surface area (Å²) in [5.74, 6) is 0. The van der Waals surface area contributed by atoms with Gasteiger partial charge in [-0.2, -0.15) is 5.10 Å². The fourth-order valence-electron chi connectivity index (χ4n) is 1.46. The van der Waals surface area contributed by atoms with Crippen LogP contribution in [0.15, 0.2) is 16.6 Å². The van der Waals surface area contributed by atoms with E-state index in [9.17, 15) is 8.42 Å². The highest BCUT2D eigenvalue weighted by atomic mass is 32.2. The van der Waals surface area contributed by atoms with E-state index in [1.54, 1.807) is 18.5 Å². The summed E-state index contributed by atoms with van der Waals surface area (Å²) < 4.78 is 26.5. The van der Waals surface area contributed by atoms with E-state index < -0.39 is 10.0 Å². The maximum absolute atomic E-state index is 12.0. The van der Waals surface area contributed by atoms with Gasteiger partial charge < -0.3 is 5.73 Å². The molecule has 0 aliphatic heterocycles. The van der Waals surface area contributed by atoms with Crippen LogP contribution in [0.3, 0.4) is 0 Å². The molecule has 2 rings (SSSR count). The molecule has 0 atom stereocenters. The second-order valence-corrected chi connectivity index (χ2v) is 6.25. The van der Waals surface area contributed by atoms with E-state index in [4.69, 9.17) is 5.73 Å². The van der Waals surface area contributed by atoms with Crippen LogP contribution in [0.5, 0.6) is 0 Å². The van der Waals surface area contributed by atoms with E-state index in [1.165, 1.54) is 11.3 Å². The Morgan fingerprint density at radius 2 is 2.33 bits per heavy atom.